The van der Waals surface area contributed by atoms with Crippen molar-refractivity contribution >= 4 is 28.5 Å². The number of alkyl halides is 2. The van der Waals surface area contributed by atoms with E-state index in [-0.39, 0.29) is 18.5 Å². The van der Waals surface area contributed by atoms with E-state index >= 15 is 8.78 Å². The molecule has 0 spiro atoms. The minimum Gasteiger partial charge on any atom is -0.444 e. The molecular formula is C42H53F2N5O3. The number of hydrogen-bond acceptors (Lipinski definition) is 6. The average Bonchev–Trinajstić information content (AvgIpc) is 3.41. The molecule has 6 rings (SSSR count). The highest BCUT2D eigenvalue weighted by Crippen LogP contribution is 2.32. The number of amides is 2. The molecule has 8 nitrogen and oxygen atoms in total. The van der Waals surface area contributed by atoms with Crippen LogP contribution in [0.1, 0.15) is 86.5 Å². The van der Waals surface area contributed by atoms with Gasteiger partial charge in [-0.1, -0.05) is 48.2 Å². The molecule has 278 valence electrons. The van der Waals surface area contributed by atoms with E-state index in [2.05, 4.69) is 50.9 Å². The molecule has 2 atom stereocenters. The number of fused-ring (bicyclic) bond motifs is 1. The fourth-order valence-corrected chi connectivity index (χ4v) is 7.59. The van der Waals surface area contributed by atoms with Gasteiger partial charge in [-0.25, -0.2) is 13.6 Å². The predicted molar refractivity (Wildman–Crippen MR) is 203 cm³/mol. The lowest BCUT2D eigenvalue weighted by molar-refractivity contribution is -0.00635. The Morgan fingerprint density at radius 3 is 2.44 bits per heavy atom. The van der Waals surface area contributed by atoms with Gasteiger partial charge in [0.05, 0.1) is 19.1 Å². The van der Waals surface area contributed by atoms with Gasteiger partial charge in [-0.2, -0.15) is 0 Å². The Kier molecular flexibility index (Phi) is 11.4. The van der Waals surface area contributed by atoms with E-state index in [0.29, 0.717) is 17.2 Å². The maximum absolute atomic E-state index is 15.0. The van der Waals surface area contributed by atoms with Crippen molar-refractivity contribution in [3.05, 3.63) is 76.9 Å². The summed E-state index contributed by atoms with van der Waals surface area (Å²) in [7, 11) is 0. The Hall–Kier alpha value is -4.20. The van der Waals surface area contributed by atoms with E-state index in [1.807, 2.05) is 32.0 Å². The number of piperidine rings is 2. The average molecular weight is 714 g/mol. The molecule has 0 unspecified atom stereocenters. The molecule has 3 saturated heterocycles. The summed E-state index contributed by atoms with van der Waals surface area (Å²) in [4.78, 5) is 29.8. The summed E-state index contributed by atoms with van der Waals surface area (Å²) in [5.74, 6) is 4.79. The van der Waals surface area contributed by atoms with Gasteiger partial charge < -0.3 is 25.6 Å². The third-order valence-electron chi connectivity index (χ3n) is 10.5. The summed E-state index contributed by atoms with van der Waals surface area (Å²) in [6.45, 7) is 13.6. The number of likely N-dealkylation sites (tertiary alicyclic amines) is 2. The summed E-state index contributed by atoms with van der Waals surface area (Å²) >= 11 is 0. The predicted octanol–water partition coefficient (Wildman–Crippen LogP) is 7.37. The second-order valence-corrected chi connectivity index (χ2v) is 15.8. The van der Waals surface area contributed by atoms with Gasteiger partial charge in [0, 0.05) is 29.3 Å². The molecule has 3 aliphatic rings. The van der Waals surface area contributed by atoms with Crippen molar-refractivity contribution in [3.63, 3.8) is 0 Å². The van der Waals surface area contributed by atoms with Crippen molar-refractivity contribution in [2.45, 2.75) is 83.9 Å². The Bertz CT molecular complexity index is 1820. The van der Waals surface area contributed by atoms with Crippen LogP contribution >= 0.6 is 0 Å². The SMILES string of the molecule is Cc1ccc(N[C@H]2CN(C(=O)OC(C)(C)C)CC2(F)F)cc1C(=O)N[C@H](C)c1ccc(C#CC2CCN(CC3CCNCC3)CC2)c2ccccc12. The largest absolute Gasteiger partial charge is 0.444 e. The first kappa shape index (κ1) is 37.6. The summed E-state index contributed by atoms with van der Waals surface area (Å²) < 4.78 is 35.3. The molecule has 3 aromatic carbocycles. The van der Waals surface area contributed by atoms with Gasteiger partial charge in [0.25, 0.3) is 11.8 Å². The minimum atomic E-state index is -3.18. The van der Waals surface area contributed by atoms with E-state index in [9.17, 15) is 9.59 Å². The highest BCUT2D eigenvalue weighted by atomic mass is 19.3. The Morgan fingerprint density at radius 1 is 1.02 bits per heavy atom. The number of nitrogens with one attached hydrogen (secondary N) is 3. The van der Waals surface area contributed by atoms with Crippen LogP contribution in [-0.2, 0) is 4.74 Å². The molecular weight excluding hydrogens is 660 g/mol. The third kappa shape index (κ3) is 9.23. The maximum atomic E-state index is 15.0. The second kappa shape index (κ2) is 15.8. The van der Waals surface area contributed by atoms with Gasteiger partial charge in [-0.15, -0.1) is 0 Å². The number of halogens is 2. The van der Waals surface area contributed by atoms with Gasteiger partial charge in [-0.05, 0) is 132 Å². The Balaban J connectivity index is 1.10. The van der Waals surface area contributed by atoms with Crippen molar-refractivity contribution < 1.29 is 23.1 Å². The van der Waals surface area contributed by atoms with E-state index in [4.69, 9.17) is 4.74 Å². The normalized spacial score (nSPS) is 20.6. The van der Waals surface area contributed by atoms with Crippen molar-refractivity contribution in [2.75, 3.05) is 51.1 Å². The first-order valence-corrected chi connectivity index (χ1v) is 18.8. The number of ether oxygens (including phenoxy) is 1. The zero-order chi connectivity index (χ0) is 37.0. The lowest BCUT2D eigenvalue weighted by atomic mass is 9.92. The van der Waals surface area contributed by atoms with Crippen LogP contribution in [0.2, 0.25) is 0 Å². The van der Waals surface area contributed by atoms with Gasteiger partial charge in [0.1, 0.15) is 11.6 Å². The highest BCUT2D eigenvalue weighted by molar-refractivity contribution is 5.97. The van der Waals surface area contributed by atoms with Gasteiger partial charge in [0.2, 0.25) is 0 Å². The standard InChI is InChI=1S/C42H53F2N5O3/c1-28-10-14-33(47-38-26-49(27-42(38,43)44)40(51)52-41(3,4)5)24-37(28)39(50)46-29(2)34-15-13-32(35-8-6-7-9-36(34)35)12-11-30-18-22-48(23-19-30)25-31-16-20-45-21-17-31/h6-10,13-15,24,29-31,38,45,47H,16-23,25-27H2,1-5H3,(H,46,50)/t29-,38+/m1/s1. The van der Waals surface area contributed by atoms with Crippen LogP contribution in [-0.4, -0.2) is 85.2 Å². The fourth-order valence-electron chi connectivity index (χ4n) is 7.59. The highest BCUT2D eigenvalue weighted by Gasteiger charge is 2.50. The molecule has 0 aliphatic carbocycles. The minimum absolute atomic E-state index is 0.223. The second-order valence-electron chi connectivity index (χ2n) is 15.8. The van der Waals surface area contributed by atoms with E-state index < -0.39 is 30.2 Å². The number of anilines is 1. The fraction of sp³-hybridized carbons (Fsp3) is 0.524. The number of hydrogen-bond donors (Lipinski definition) is 3. The molecule has 0 radical (unpaired) electrons. The molecule has 2 amide bonds. The monoisotopic (exact) mass is 713 g/mol. The molecule has 3 aromatic rings. The van der Waals surface area contributed by atoms with Crippen LogP contribution < -0.4 is 16.0 Å². The van der Waals surface area contributed by atoms with Crippen molar-refractivity contribution in [3.8, 4) is 11.8 Å². The molecule has 3 N–H and O–H groups in total. The first-order chi connectivity index (χ1) is 24.8. The number of benzene rings is 3. The zero-order valence-electron chi connectivity index (χ0n) is 31.2. The van der Waals surface area contributed by atoms with Crippen LogP contribution in [0, 0.1) is 30.6 Å². The number of rotatable bonds is 7. The van der Waals surface area contributed by atoms with Crippen molar-refractivity contribution in [1.82, 2.24) is 20.4 Å². The van der Waals surface area contributed by atoms with Crippen molar-refractivity contribution in [1.29, 1.82) is 0 Å². The molecule has 3 aliphatic heterocycles. The smallest absolute Gasteiger partial charge is 0.410 e. The van der Waals surface area contributed by atoms with Crippen LogP contribution in [0.3, 0.4) is 0 Å². The topological polar surface area (TPSA) is 85.9 Å². The van der Waals surface area contributed by atoms with Crippen molar-refractivity contribution in [2.24, 2.45) is 11.8 Å². The quantitative estimate of drug-likeness (QED) is 0.222. The molecule has 3 heterocycles. The summed E-state index contributed by atoms with van der Waals surface area (Å²) in [6.07, 6.45) is 3.97. The lowest BCUT2D eigenvalue weighted by Crippen LogP contribution is -2.40. The van der Waals surface area contributed by atoms with E-state index in [0.717, 1.165) is 77.3 Å². The molecule has 0 aromatic heterocycles. The van der Waals surface area contributed by atoms with Crippen LogP contribution in [0.5, 0.6) is 0 Å². The third-order valence-corrected chi connectivity index (χ3v) is 10.5. The summed E-state index contributed by atoms with van der Waals surface area (Å²) in [5, 5.41) is 11.6. The lowest BCUT2D eigenvalue weighted by Gasteiger charge is -2.34. The van der Waals surface area contributed by atoms with Crippen LogP contribution in [0.15, 0.2) is 54.6 Å². The van der Waals surface area contributed by atoms with Gasteiger partial charge in [0.15, 0.2) is 0 Å². The molecule has 0 bridgehead atoms. The summed E-state index contributed by atoms with van der Waals surface area (Å²) in [6, 6.07) is 15.6. The number of carbonyl (C=O) groups is 2. The molecule has 3 fully saturated rings. The number of nitrogens with zero attached hydrogens (tertiary/aromatic N) is 2. The molecule has 52 heavy (non-hydrogen) atoms. The first-order valence-electron chi connectivity index (χ1n) is 18.8. The van der Waals surface area contributed by atoms with Crippen LogP contribution in [0.25, 0.3) is 10.8 Å². The van der Waals surface area contributed by atoms with Gasteiger partial charge >= 0.3 is 6.09 Å². The van der Waals surface area contributed by atoms with Crippen LogP contribution in [0.4, 0.5) is 19.3 Å². The number of aryl methyl sites for hydroxylation is 1. The van der Waals surface area contributed by atoms with E-state index in [1.54, 1.807) is 39.0 Å². The molecule has 0 saturated carbocycles. The number of carbonyl (C=O) groups excluding carboxylic acids is 2. The summed E-state index contributed by atoms with van der Waals surface area (Å²) in [5.41, 5.74) is 2.65. The Labute approximate surface area is 307 Å². The zero-order valence-corrected chi connectivity index (χ0v) is 31.2. The van der Waals surface area contributed by atoms with E-state index in [1.165, 1.54) is 19.4 Å². The Morgan fingerprint density at radius 2 is 1.73 bits per heavy atom. The van der Waals surface area contributed by atoms with Gasteiger partial charge in [-0.3, -0.25) is 9.69 Å². The maximum Gasteiger partial charge on any atom is 0.410 e. The molecule has 10 heteroatoms.